The fourth-order valence-electron chi connectivity index (χ4n) is 4.33. The lowest BCUT2D eigenvalue weighted by molar-refractivity contribution is 0.519. The molecule has 0 aliphatic heterocycles. The molecule has 4 rings (SSSR count). The van der Waals surface area contributed by atoms with Crippen LogP contribution in [-0.2, 0) is 5.41 Å². The van der Waals surface area contributed by atoms with Gasteiger partial charge in [-0.3, -0.25) is 0 Å². The highest BCUT2D eigenvalue weighted by Crippen LogP contribution is 2.53. The molecule has 2 aliphatic carbocycles. The van der Waals surface area contributed by atoms with Gasteiger partial charge in [-0.15, -0.1) is 0 Å². The van der Waals surface area contributed by atoms with Crippen molar-refractivity contribution in [1.29, 1.82) is 0 Å². The first-order chi connectivity index (χ1) is 10.7. The predicted molar refractivity (Wildman–Crippen MR) is 94.4 cm³/mol. The lowest BCUT2D eigenvalue weighted by Gasteiger charge is -2.30. The molecule has 2 aromatic carbocycles. The molecule has 22 heavy (non-hydrogen) atoms. The maximum absolute atomic E-state index is 2.52. The molecule has 0 fully saturated rings. The Morgan fingerprint density at radius 3 is 2.05 bits per heavy atom. The first kappa shape index (κ1) is 13.8. The van der Waals surface area contributed by atoms with Crippen molar-refractivity contribution in [2.75, 3.05) is 0 Å². The Morgan fingerprint density at radius 2 is 1.41 bits per heavy atom. The van der Waals surface area contributed by atoms with Crippen LogP contribution in [0.4, 0.5) is 0 Å². The van der Waals surface area contributed by atoms with E-state index in [-0.39, 0.29) is 5.41 Å². The maximum atomic E-state index is 2.52. The maximum Gasteiger partial charge on any atom is 0.0394 e. The summed E-state index contributed by atoms with van der Waals surface area (Å²) in [7, 11) is 0. The van der Waals surface area contributed by atoms with Gasteiger partial charge in [-0.1, -0.05) is 72.5 Å². The molecule has 0 amide bonds. The molecule has 2 aromatic rings. The summed E-state index contributed by atoms with van der Waals surface area (Å²) in [5.41, 5.74) is 8.83. The summed E-state index contributed by atoms with van der Waals surface area (Å²) in [6, 6.07) is 14.0. The molecule has 2 aliphatic rings. The highest BCUT2D eigenvalue weighted by Gasteiger charge is 2.40. The van der Waals surface area contributed by atoms with Gasteiger partial charge in [0.1, 0.15) is 0 Å². The summed E-state index contributed by atoms with van der Waals surface area (Å²) in [5, 5.41) is 0. The topological polar surface area (TPSA) is 0 Å². The summed E-state index contributed by atoms with van der Waals surface area (Å²) in [4.78, 5) is 0. The van der Waals surface area contributed by atoms with Crippen molar-refractivity contribution in [3.8, 4) is 11.1 Å². The van der Waals surface area contributed by atoms with Crippen LogP contribution in [0.2, 0.25) is 0 Å². The largest absolute Gasteiger partial charge is 0.0873 e. The van der Waals surface area contributed by atoms with Gasteiger partial charge in [-0.05, 0) is 55.4 Å². The van der Waals surface area contributed by atoms with Gasteiger partial charge >= 0.3 is 0 Å². The Labute approximate surface area is 133 Å². The Kier molecular flexibility index (Phi) is 3.22. The molecular formula is C22H24. The molecule has 0 radical (unpaired) electrons. The van der Waals surface area contributed by atoms with Crippen LogP contribution < -0.4 is 0 Å². The van der Waals surface area contributed by atoms with Crippen LogP contribution in [0, 0.1) is 13.8 Å². The number of aryl methyl sites for hydroxylation is 2. The van der Waals surface area contributed by atoms with E-state index in [1.165, 1.54) is 65.5 Å². The van der Waals surface area contributed by atoms with Gasteiger partial charge in [0.15, 0.2) is 0 Å². The number of allylic oxidation sites excluding steroid dienone is 2. The number of rotatable bonds is 0. The SMILES string of the molecule is Cc1ccc2c(c1)C1(/C=C\CCCCC1)c1cc(C)ccc1-2. The number of hydrogen-bond donors (Lipinski definition) is 0. The van der Waals surface area contributed by atoms with Gasteiger partial charge < -0.3 is 0 Å². The van der Waals surface area contributed by atoms with E-state index in [0.717, 1.165) is 0 Å². The Hall–Kier alpha value is -1.82. The molecule has 0 saturated heterocycles. The second kappa shape index (κ2) is 5.12. The molecule has 0 nitrogen and oxygen atoms in total. The summed E-state index contributed by atoms with van der Waals surface area (Å²) in [5.74, 6) is 0. The zero-order valence-electron chi connectivity index (χ0n) is 13.7. The van der Waals surface area contributed by atoms with Gasteiger partial charge in [-0.25, -0.2) is 0 Å². The minimum absolute atomic E-state index is 0.114. The number of fused-ring (bicyclic) bond motifs is 5. The fourth-order valence-corrected chi connectivity index (χ4v) is 4.33. The van der Waals surface area contributed by atoms with Gasteiger partial charge in [0.25, 0.3) is 0 Å². The third-order valence-corrected chi connectivity index (χ3v) is 5.45. The van der Waals surface area contributed by atoms with Crippen LogP contribution in [0.3, 0.4) is 0 Å². The monoisotopic (exact) mass is 288 g/mol. The first-order valence-corrected chi connectivity index (χ1v) is 8.61. The molecule has 0 heterocycles. The molecule has 0 heteroatoms. The Morgan fingerprint density at radius 1 is 0.773 bits per heavy atom. The first-order valence-electron chi connectivity index (χ1n) is 8.61. The lowest BCUT2D eigenvalue weighted by Crippen LogP contribution is -2.23. The normalized spacial score (nSPS) is 20.1. The van der Waals surface area contributed by atoms with Crippen LogP contribution >= 0.6 is 0 Å². The van der Waals surface area contributed by atoms with Gasteiger partial charge in [0.05, 0.1) is 0 Å². The van der Waals surface area contributed by atoms with E-state index in [4.69, 9.17) is 0 Å². The smallest absolute Gasteiger partial charge is 0.0394 e. The standard InChI is InChI=1S/C22H24/c1-16-8-10-18-19-11-9-17(2)15-21(19)22(20(18)14-16)12-6-4-3-5-7-13-22/h6,8-12,14-15H,3-5,7,13H2,1-2H3/b12-6-. The summed E-state index contributed by atoms with van der Waals surface area (Å²) in [6.07, 6.45) is 11.5. The van der Waals surface area contributed by atoms with Crippen molar-refractivity contribution >= 4 is 0 Å². The lowest BCUT2D eigenvalue weighted by atomic mass is 9.72. The molecule has 0 unspecified atom stereocenters. The van der Waals surface area contributed by atoms with Crippen molar-refractivity contribution in [3.63, 3.8) is 0 Å². The Bertz CT molecular complexity index is 697. The Balaban J connectivity index is 2.03. The summed E-state index contributed by atoms with van der Waals surface area (Å²) < 4.78 is 0. The molecular weight excluding hydrogens is 264 g/mol. The molecule has 1 spiro atoms. The zero-order valence-corrected chi connectivity index (χ0v) is 13.7. The average Bonchev–Trinajstić information content (AvgIpc) is 2.73. The quantitative estimate of drug-likeness (QED) is 0.514. The van der Waals surface area contributed by atoms with Crippen molar-refractivity contribution < 1.29 is 0 Å². The molecule has 0 N–H and O–H groups in total. The number of benzene rings is 2. The van der Waals surface area contributed by atoms with E-state index < -0.39 is 0 Å². The molecule has 0 bridgehead atoms. The molecule has 0 aromatic heterocycles. The van der Waals surface area contributed by atoms with Crippen LogP contribution in [0.25, 0.3) is 11.1 Å². The van der Waals surface area contributed by atoms with Crippen LogP contribution in [0.15, 0.2) is 48.6 Å². The van der Waals surface area contributed by atoms with E-state index >= 15 is 0 Å². The van der Waals surface area contributed by atoms with Crippen molar-refractivity contribution in [2.24, 2.45) is 0 Å². The highest BCUT2D eigenvalue weighted by molar-refractivity contribution is 5.83. The van der Waals surface area contributed by atoms with E-state index in [1.54, 1.807) is 0 Å². The van der Waals surface area contributed by atoms with E-state index in [9.17, 15) is 0 Å². The van der Waals surface area contributed by atoms with E-state index in [0.29, 0.717) is 0 Å². The van der Waals surface area contributed by atoms with Crippen molar-refractivity contribution in [3.05, 3.63) is 70.8 Å². The molecule has 112 valence electrons. The van der Waals surface area contributed by atoms with Crippen LogP contribution in [-0.4, -0.2) is 0 Å². The molecule has 0 saturated carbocycles. The minimum atomic E-state index is 0.114. The van der Waals surface area contributed by atoms with Crippen molar-refractivity contribution in [2.45, 2.75) is 51.4 Å². The minimum Gasteiger partial charge on any atom is -0.0873 e. The second-order valence-corrected chi connectivity index (χ2v) is 7.07. The van der Waals surface area contributed by atoms with Gasteiger partial charge in [0.2, 0.25) is 0 Å². The summed E-state index contributed by atoms with van der Waals surface area (Å²) >= 11 is 0. The van der Waals surface area contributed by atoms with Gasteiger partial charge in [0, 0.05) is 5.41 Å². The average molecular weight is 288 g/mol. The van der Waals surface area contributed by atoms with Crippen LogP contribution in [0.1, 0.15) is 54.4 Å². The fraction of sp³-hybridized carbons (Fsp3) is 0.364. The number of hydrogen-bond acceptors (Lipinski definition) is 0. The predicted octanol–water partition coefficient (Wildman–Crippen LogP) is 6.09. The third kappa shape index (κ3) is 1.97. The van der Waals surface area contributed by atoms with Crippen molar-refractivity contribution in [1.82, 2.24) is 0 Å². The van der Waals surface area contributed by atoms with Gasteiger partial charge in [-0.2, -0.15) is 0 Å². The summed E-state index contributed by atoms with van der Waals surface area (Å²) in [6.45, 7) is 4.43. The second-order valence-electron chi connectivity index (χ2n) is 7.07. The van der Waals surface area contributed by atoms with E-state index in [2.05, 4.69) is 62.4 Å². The zero-order chi connectivity index (χ0) is 15.2. The van der Waals surface area contributed by atoms with E-state index in [1.807, 2.05) is 0 Å². The highest BCUT2D eigenvalue weighted by atomic mass is 14.4. The molecule has 0 atom stereocenters. The third-order valence-electron chi connectivity index (χ3n) is 5.45. The van der Waals surface area contributed by atoms with Crippen LogP contribution in [0.5, 0.6) is 0 Å².